The fraction of sp³-hybridized carbons (Fsp3) is 0.538. The second-order valence-corrected chi connectivity index (χ2v) is 5.67. The largest absolute Gasteiger partial charge is 0.631 e. The monoisotopic (exact) mass is 235 g/mol. The number of quaternary nitrogens is 1. The molecule has 1 aliphatic rings. The van der Waals surface area contributed by atoms with Crippen LogP contribution in [0.15, 0.2) is 30.3 Å². The first-order valence-electron chi connectivity index (χ1n) is 6.04. The van der Waals surface area contributed by atoms with Crippen molar-refractivity contribution in [3.8, 4) is 0 Å². The van der Waals surface area contributed by atoms with Crippen LogP contribution in [0.2, 0.25) is 0 Å². The number of nitrogens with zero attached hydrogens (tertiary/aromatic N) is 2. The second kappa shape index (κ2) is 4.29. The molecule has 2 rings (SSSR count). The molecule has 1 aliphatic heterocycles. The zero-order chi connectivity index (χ0) is 12.5. The molecule has 1 saturated heterocycles. The molecule has 0 radical (unpaired) electrons. The quantitative estimate of drug-likeness (QED) is 0.638. The molecule has 1 atom stereocenters. The van der Waals surface area contributed by atoms with Gasteiger partial charge in [-0.2, -0.15) is 0 Å². The first-order valence-corrected chi connectivity index (χ1v) is 6.04. The van der Waals surface area contributed by atoms with Gasteiger partial charge in [0.05, 0.1) is 25.2 Å². The Bertz CT molecular complexity index is 374. The van der Waals surface area contributed by atoms with Crippen molar-refractivity contribution in [1.29, 1.82) is 0 Å². The summed E-state index contributed by atoms with van der Waals surface area (Å²) in [7, 11) is 0. The first kappa shape index (κ1) is 12.4. The maximum Gasteiger partial charge on any atom is 0.154 e. The van der Waals surface area contributed by atoms with Gasteiger partial charge in [0.15, 0.2) is 6.67 Å². The van der Waals surface area contributed by atoms with Gasteiger partial charge in [0.2, 0.25) is 0 Å². The van der Waals surface area contributed by atoms with Crippen LogP contribution < -0.4 is 10.6 Å². The summed E-state index contributed by atoms with van der Waals surface area (Å²) in [6.07, 6.45) is 0. The molecular formula is C13H21N3O. The van der Waals surface area contributed by atoms with E-state index >= 15 is 0 Å². The lowest BCUT2D eigenvalue weighted by atomic mass is 10.1. The maximum absolute atomic E-state index is 12.5. The Labute approximate surface area is 103 Å². The van der Waals surface area contributed by atoms with Gasteiger partial charge in [-0.25, -0.2) is 0 Å². The van der Waals surface area contributed by atoms with E-state index in [1.54, 1.807) is 0 Å². The van der Waals surface area contributed by atoms with Gasteiger partial charge in [0, 0.05) is 5.69 Å². The number of hydrogen-bond donors (Lipinski definition) is 1. The minimum absolute atomic E-state index is 0.210. The molecule has 1 unspecified atom stereocenters. The van der Waals surface area contributed by atoms with Gasteiger partial charge in [-0.1, -0.05) is 18.2 Å². The van der Waals surface area contributed by atoms with E-state index in [4.69, 9.17) is 5.73 Å². The number of hydroxylamine groups is 3. The van der Waals surface area contributed by atoms with Gasteiger partial charge in [-0.05, 0) is 26.0 Å². The predicted molar refractivity (Wildman–Crippen MR) is 70.3 cm³/mol. The molecule has 1 heterocycles. The van der Waals surface area contributed by atoms with Crippen molar-refractivity contribution < 1.29 is 4.65 Å². The smallest absolute Gasteiger partial charge is 0.154 e. The normalized spacial score (nSPS) is 25.3. The highest BCUT2D eigenvalue weighted by atomic mass is 16.6. The van der Waals surface area contributed by atoms with Crippen LogP contribution in [0.4, 0.5) is 5.69 Å². The summed E-state index contributed by atoms with van der Waals surface area (Å²) >= 11 is 0. The summed E-state index contributed by atoms with van der Waals surface area (Å²) in [5.41, 5.74) is 6.67. The van der Waals surface area contributed by atoms with Crippen molar-refractivity contribution in [3.63, 3.8) is 0 Å². The van der Waals surface area contributed by atoms with Gasteiger partial charge in [-0.3, -0.25) is 0 Å². The third kappa shape index (κ3) is 3.19. The van der Waals surface area contributed by atoms with Crippen LogP contribution in [0, 0.1) is 5.21 Å². The highest BCUT2D eigenvalue weighted by Crippen LogP contribution is 2.23. The molecule has 0 aromatic heterocycles. The van der Waals surface area contributed by atoms with Gasteiger partial charge in [-0.15, -0.1) is 0 Å². The number of nitrogens with two attached hydrogens (primary N) is 1. The number of anilines is 1. The van der Waals surface area contributed by atoms with Crippen LogP contribution in [-0.4, -0.2) is 36.5 Å². The standard InChI is InChI=1S/C13H21N3O/c1-13(2,14)10-16(17)9-8-15(11-16)12-6-4-3-5-7-12/h3-7H,8-11,14H2,1-2H3. The van der Waals surface area contributed by atoms with Crippen molar-refractivity contribution in [2.45, 2.75) is 19.4 Å². The molecule has 0 saturated carbocycles. The minimum atomic E-state index is -0.408. The molecular weight excluding hydrogens is 214 g/mol. The van der Waals surface area contributed by atoms with Crippen LogP contribution >= 0.6 is 0 Å². The topological polar surface area (TPSA) is 52.3 Å². The minimum Gasteiger partial charge on any atom is -0.631 e. The molecule has 1 aromatic rings. The van der Waals surface area contributed by atoms with Crippen LogP contribution in [0.1, 0.15) is 13.8 Å². The van der Waals surface area contributed by atoms with Crippen LogP contribution in [0.5, 0.6) is 0 Å². The van der Waals surface area contributed by atoms with Crippen LogP contribution in [0.3, 0.4) is 0 Å². The van der Waals surface area contributed by atoms with Crippen LogP contribution in [0.25, 0.3) is 0 Å². The van der Waals surface area contributed by atoms with Gasteiger partial charge >= 0.3 is 0 Å². The van der Waals surface area contributed by atoms with Gasteiger partial charge in [0.1, 0.15) is 0 Å². The fourth-order valence-electron chi connectivity index (χ4n) is 2.48. The third-order valence-corrected chi connectivity index (χ3v) is 3.02. The van der Waals surface area contributed by atoms with E-state index < -0.39 is 5.54 Å². The summed E-state index contributed by atoms with van der Waals surface area (Å²) in [6.45, 7) is 6.23. The zero-order valence-electron chi connectivity index (χ0n) is 10.6. The maximum atomic E-state index is 12.5. The Morgan fingerprint density at radius 3 is 2.59 bits per heavy atom. The van der Waals surface area contributed by atoms with E-state index in [9.17, 15) is 5.21 Å². The predicted octanol–water partition coefficient (Wildman–Crippen LogP) is 1.52. The molecule has 4 nitrogen and oxygen atoms in total. The number of para-hydroxylation sites is 1. The Morgan fingerprint density at radius 1 is 1.35 bits per heavy atom. The lowest BCUT2D eigenvalue weighted by molar-refractivity contribution is -0.870. The van der Waals surface area contributed by atoms with E-state index in [-0.39, 0.29) is 4.65 Å². The molecule has 0 amide bonds. The first-order chi connectivity index (χ1) is 7.88. The summed E-state index contributed by atoms with van der Waals surface area (Å²) in [5, 5.41) is 12.5. The molecule has 0 aliphatic carbocycles. The third-order valence-electron chi connectivity index (χ3n) is 3.02. The molecule has 94 valence electrons. The molecule has 0 bridgehead atoms. The molecule has 1 fully saturated rings. The summed E-state index contributed by atoms with van der Waals surface area (Å²) in [4.78, 5) is 2.14. The van der Waals surface area contributed by atoms with E-state index in [0.29, 0.717) is 19.8 Å². The lowest BCUT2D eigenvalue weighted by Gasteiger charge is -2.42. The highest BCUT2D eigenvalue weighted by Gasteiger charge is 2.33. The van der Waals surface area contributed by atoms with E-state index in [1.165, 1.54) is 0 Å². The van der Waals surface area contributed by atoms with Crippen molar-refractivity contribution in [2.24, 2.45) is 5.73 Å². The average Bonchev–Trinajstić information content (AvgIpc) is 2.59. The number of benzene rings is 1. The Kier molecular flexibility index (Phi) is 3.12. The van der Waals surface area contributed by atoms with E-state index in [1.807, 2.05) is 44.2 Å². The van der Waals surface area contributed by atoms with E-state index in [0.717, 1.165) is 12.2 Å². The zero-order valence-corrected chi connectivity index (χ0v) is 10.6. The molecule has 2 N–H and O–H groups in total. The lowest BCUT2D eigenvalue weighted by Crippen LogP contribution is -2.54. The summed E-state index contributed by atoms with van der Waals surface area (Å²) in [5.74, 6) is 0. The SMILES string of the molecule is CC(C)(N)C[N+]1([O-])CCN(c2ccccc2)C1. The Balaban J connectivity index is 2.05. The van der Waals surface area contributed by atoms with Gasteiger partial charge < -0.3 is 20.5 Å². The van der Waals surface area contributed by atoms with Crippen molar-refractivity contribution in [1.82, 2.24) is 0 Å². The molecule has 4 heteroatoms. The Morgan fingerprint density at radius 2 is 2.00 bits per heavy atom. The second-order valence-electron chi connectivity index (χ2n) is 5.67. The summed E-state index contributed by atoms with van der Waals surface area (Å²) < 4.78 is -0.210. The number of hydrogen-bond acceptors (Lipinski definition) is 3. The van der Waals surface area contributed by atoms with Crippen molar-refractivity contribution in [2.75, 3.05) is 31.2 Å². The van der Waals surface area contributed by atoms with E-state index in [2.05, 4.69) is 4.90 Å². The molecule has 17 heavy (non-hydrogen) atoms. The molecule has 1 aromatic carbocycles. The summed E-state index contributed by atoms with van der Waals surface area (Å²) in [6, 6.07) is 10.1. The molecule has 0 spiro atoms. The average molecular weight is 235 g/mol. The Hall–Kier alpha value is -1.10. The van der Waals surface area contributed by atoms with Crippen molar-refractivity contribution in [3.05, 3.63) is 35.5 Å². The fourth-order valence-corrected chi connectivity index (χ4v) is 2.48. The number of rotatable bonds is 3. The highest BCUT2D eigenvalue weighted by molar-refractivity contribution is 5.45. The van der Waals surface area contributed by atoms with Crippen molar-refractivity contribution >= 4 is 5.69 Å². The van der Waals surface area contributed by atoms with Crippen LogP contribution in [-0.2, 0) is 0 Å². The van der Waals surface area contributed by atoms with Gasteiger partial charge in [0.25, 0.3) is 0 Å².